The molecule has 1 aliphatic rings. The zero-order valence-electron chi connectivity index (χ0n) is 12.7. The van der Waals surface area contributed by atoms with Gasteiger partial charge in [0.15, 0.2) is 0 Å². The zero-order valence-corrected chi connectivity index (χ0v) is 12.7. The van der Waals surface area contributed by atoms with Gasteiger partial charge in [-0.15, -0.1) is 0 Å². The van der Waals surface area contributed by atoms with Crippen molar-refractivity contribution in [3.63, 3.8) is 0 Å². The number of carbonyl (C=O) groups excluding carboxylic acids is 1. The molecule has 0 spiro atoms. The van der Waals surface area contributed by atoms with Gasteiger partial charge in [-0.3, -0.25) is 4.79 Å². The molecule has 2 heteroatoms. The quantitative estimate of drug-likeness (QED) is 0.695. The lowest BCUT2D eigenvalue weighted by atomic mass is 9.93. The van der Waals surface area contributed by atoms with Crippen LogP contribution >= 0.6 is 0 Å². The van der Waals surface area contributed by atoms with Gasteiger partial charge in [0.2, 0.25) is 0 Å². The highest BCUT2D eigenvalue weighted by atomic mass is 16.3. The van der Waals surface area contributed by atoms with Crippen molar-refractivity contribution in [2.45, 2.75) is 96.5 Å². The van der Waals surface area contributed by atoms with E-state index in [0.717, 1.165) is 38.5 Å². The van der Waals surface area contributed by atoms with Crippen molar-refractivity contribution in [3.8, 4) is 0 Å². The van der Waals surface area contributed by atoms with Gasteiger partial charge in [-0.05, 0) is 31.6 Å². The van der Waals surface area contributed by atoms with Gasteiger partial charge >= 0.3 is 0 Å². The van der Waals surface area contributed by atoms with Crippen LogP contribution in [0.15, 0.2) is 0 Å². The first-order chi connectivity index (χ1) is 9.18. The number of ketones is 1. The molecule has 1 saturated carbocycles. The molecule has 0 amide bonds. The van der Waals surface area contributed by atoms with Crippen LogP contribution in [0.3, 0.4) is 0 Å². The van der Waals surface area contributed by atoms with Gasteiger partial charge in [0.1, 0.15) is 5.78 Å². The van der Waals surface area contributed by atoms with Crippen LogP contribution in [0.4, 0.5) is 0 Å². The number of aliphatic hydroxyl groups is 1. The summed E-state index contributed by atoms with van der Waals surface area (Å²) in [6, 6.07) is 0. The van der Waals surface area contributed by atoms with Gasteiger partial charge in [0.25, 0.3) is 0 Å². The van der Waals surface area contributed by atoms with Crippen LogP contribution in [0.5, 0.6) is 0 Å². The Labute approximate surface area is 119 Å². The average Bonchev–Trinajstić information content (AvgIpc) is 2.37. The molecule has 2 unspecified atom stereocenters. The molecule has 0 bridgehead atoms. The molecular formula is C17H32O2. The van der Waals surface area contributed by atoms with Gasteiger partial charge in [0, 0.05) is 12.8 Å². The number of aliphatic hydroxyl groups excluding tert-OH is 1. The van der Waals surface area contributed by atoms with E-state index in [4.69, 9.17) is 0 Å². The molecule has 0 aliphatic heterocycles. The average molecular weight is 268 g/mol. The minimum atomic E-state index is -0.148. The Bertz CT molecular complexity index is 237. The summed E-state index contributed by atoms with van der Waals surface area (Å²) in [5.41, 5.74) is 0. The van der Waals surface area contributed by atoms with E-state index in [1.807, 2.05) is 0 Å². The van der Waals surface area contributed by atoms with Crippen molar-refractivity contribution in [3.05, 3.63) is 0 Å². The number of hydrogen-bond donors (Lipinski definition) is 1. The van der Waals surface area contributed by atoms with E-state index in [0.29, 0.717) is 18.1 Å². The molecule has 2 atom stereocenters. The summed E-state index contributed by atoms with van der Waals surface area (Å²) < 4.78 is 0. The van der Waals surface area contributed by atoms with Crippen LogP contribution in [-0.4, -0.2) is 17.0 Å². The van der Waals surface area contributed by atoms with Crippen LogP contribution in [0.2, 0.25) is 0 Å². The second kappa shape index (κ2) is 10.4. The molecule has 112 valence electrons. The van der Waals surface area contributed by atoms with E-state index in [-0.39, 0.29) is 6.10 Å². The fraction of sp³-hybridized carbons (Fsp3) is 0.941. The molecule has 0 aromatic heterocycles. The Balaban J connectivity index is 2.30. The summed E-state index contributed by atoms with van der Waals surface area (Å²) in [5, 5.41) is 9.92. The molecule has 0 saturated heterocycles. The van der Waals surface area contributed by atoms with Crippen LogP contribution in [0.1, 0.15) is 90.4 Å². The maximum Gasteiger partial charge on any atom is 0.133 e. The van der Waals surface area contributed by atoms with Gasteiger partial charge in [-0.1, -0.05) is 51.9 Å². The lowest BCUT2D eigenvalue weighted by Gasteiger charge is -2.15. The zero-order chi connectivity index (χ0) is 13.9. The van der Waals surface area contributed by atoms with Gasteiger partial charge < -0.3 is 5.11 Å². The third kappa shape index (κ3) is 9.21. The van der Waals surface area contributed by atoms with E-state index in [2.05, 4.69) is 6.92 Å². The van der Waals surface area contributed by atoms with Crippen LogP contribution in [-0.2, 0) is 4.79 Å². The minimum Gasteiger partial charge on any atom is -0.393 e. The largest absolute Gasteiger partial charge is 0.393 e. The highest BCUT2D eigenvalue weighted by Crippen LogP contribution is 2.19. The predicted molar refractivity (Wildman–Crippen MR) is 80.2 cm³/mol. The topological polar surface area (TPSA) is 37.3 Å². The summed E-state index contributed by atoms with van der Waals surface area (Å²) in [5.74, 6) is 0.865. The van der Waals surface area contributed by atoms with Crippen molar-refractivity contribution in [1.82, 2.24) is 0 Å². The van der Waals surface area contributed by atoms with Crippen molar-refractivity contribution in [2.75, 3.05) is 0 Å². The maximum absolute atomic E-state index is 11.8. The third-order valence-corrected chi connectivity index (χ3v) is 4.31. The Morgan fingerprint density at radius 1 is 0.842 bits per heavy atom. The molecule has 1 fully saturated rings. The Morgan fingerprint density at radius 3 is 2.11 bits per heavy atom. The van der Waals surface area contributed by atoms with E-state index in [1.165, 1.54) is 38.5 Å². The normalized spacial score (nSPS) is 30.1. The maximum atomic E-state index is 11.8. The lowest BCUT2D eigenvalue weighted by molar-refractivity contribution is -0.120. The molecule has 0 aromatic rings. The fourth-order valence-corrected chi connectivity index (χ4v) is 2.98. The fourth-order valence-electron chi connectivity index (χ4n) is 2.98. The molecule has 0 aromatic carbocycles. The lowest BCUT2D eigenvalue weighted by Crippen LogP contribution is -2.11. The van der Waals surface area contributed by atoms with Crippen molar-refractivity contribution in [1.29, 1.82) is 0 Å². The standard InChI is InChI=1S/C17H32O2/c1-15-12-13-16(18)10-8-6-4-2-3-5-7-9-11-17(19)14-15/h15-16,18H,2-14H2,1H3. The number of carbonyl (C=O) groups is 1. The summed E-state index contributed by atoms with van der Waals surface area (Å²) in [4.78, 5) is 11.8. The van der Waals surface area contributed by atoms with E-state index in [9.17, 15) is 9.90 Å². The van der Waals surface area contributed by atoms with E-state index in [1.54, 1.807) is 0 Å². The smallest absolute Gasteiger partial charge is 0.133 e. The van der Waals surface area contributed by atoms with Gasteiger partial charge in [-0.25, -0.2) is 0 Å². The number of rotatable bonds is 0. The predicted octanol–water partition coefficient (Wildman–Crippen LogP) is 4.64. The van der Waals surface area contributed by atoms with Crippen LogP contribution in [0.25, 0.3) is 0 Å². The molecule has 1 N–H and O–H groups in total. The first-order valence-corrected chi connectivity index (χ1v) is 8.38. The highest BCUT2D eigenvalue weighted by Gasteiger charge is 2.12. The molecular weight excluding hydrogens is 236 g/mol. The molecule has 19 heavy (non-hydrogen) atoms. The molecule has 1 rings (SSSR count). The number of hydrogen-bond acceptors (Lipinski definition) is 2. The minimum absolute atomic E-state index is 0.148. The SMILES string of the molecule is CC1CCC(O)CCCCCCCCCCC(=O)C1. The second-order valence-electron chi connectivity index (χ2n) is 6.45. The summed E-state index contributed by atoms with van der Waals surface area (Å²) in [7, 11) is 0. The Kier molecular flexibility index (Phi) is 9.15. The van der Waals surface area contributed by atoms with Crippen LogP contribution in [0, 0.1) is 5.92 Å². The van der Waals surface area contributed by atoms with E-state index < -0.39 is 0 Å². The third-order valence-electron chi connectivity index (χ3n) is 4.31. The van der Waals surface area contributed by atoms with Crippen molar-refractivity contribution < 1.29 is 9.90 Å². The molecule has 1 aliphatic carbocycles. The van der Waals surface area contributed by atoms with E-state index >= 15 is 0 Å². The van der Waals surface area contributed by atoms with Gasteiger partial charge in [0.05, 0.1) is 6.10 Å². The van der Waals surface area contributed by atoms with Crippen LogP contribution < -0.4 is 0 Å². The van der Waals surface area contributed by atoms with Crippen molar-refractivity contribution in [2.24, 2.45) is 5.92 Å². The molecule has 0 radical (unpaired) electrons. The second-order valence-corrected chi connectivity index (χ2v) is 6.45. The molecule has 0 heterocycles. The summed E-state index contributed by atoms with van der Waals surface area (Å²) >= 11 is 0. The number of Topliss-reactive ketones (excluding diaryl/α,β-unsaturated/α-hetero) is 1. The van der Waals surface area contributed by atoms with Crippen molar-refractivity contribution >= 4 is 5.78 Å². The summed E-state index contributed by atoms with van der Waals surface area (Å²) in [6.07, 6.45) is 14.1. The monoisotopic (exact) mass is 268 g/mol. The Hall–Kier alpha value is -0.370. The highest BCUT2D eigenvalue weighted by molar-refractivity contribution is 5.78. The molecule has 2 nitrogen and oxygen atoms in total. The summed E-state index contributed by atoms with van der Waals surface area (Å²) in [6.45, 7) is 2.15. The van der Waals surface area contributed by atoms with Gasteiger partial charge in [-0.2, -0.15) is 0 Å². The first-order valence-electron chi connectivity index (χ1n) is 8.38. The Morgan fingerprint density at radius 2 is 1.42 bits per heavy atom. The first kappa shape index (κ1) is 16.7.